The normalized spacial score (nSPS) is 13.4. The standard InChI is InChI=1S/C25H18F2N2O5/c1-14(22(30)28-21-19(26)10-5-11-20(21)27)34-25(33)16-7-4-6-15(12-16)13-29-23(31)17-8-2-3-9-18(17)24(29)32/h2-12,14H,13H2,1H3,(H,28,30). The van der Waals surface area contributed by atoms with E-state index in [4.69, 9.17) is 4.74 Å². The highest BCUT2D eigenvalue weighted by atomic mass is 19.1. The first kappa shape index (κ1) is 22.8. The van der Waals surface area contributed by atoms with Crippen LogP contribution in [0.25, 0.3) is 0 Å². The quantitative estimate of drug-likeness (QED) is 0.441. The number of carbonyl (C=O) groups excluding carboxylic acids is 4. The maximum Gasteiger partial charge on any atom is 0.338 e. The van der Waals surface area contributed by atoms with Crippen molar-refractivity contribution in [3.8, 4) is 0 Å². The Hall–Kier alpha value is -4.40. The number of halogens is 2. The summed E-state index contributed by atoms with van der Waals surface area (Å²) in [5, 5.41) is 2.07. The molecule has 0 radical (unpaired) electrons. The molecule has 0 saturated heterocycles. The Bertz CT molecular complexity index is 1270. The second kappa shape index (κ2) is 9.22. The van der Waals surface area contributed by atoms with Crippen molar-refractivity contribution in [3.63, 3.8) is 0 Å². The summed E-state index contributed by atoms with van der Waals surface area (Å²) in [5.74, 6) is -4.57. The van der Waals surface area contributed by atoms with Crippen LogP contribution >= 0.6 is 0 Å². The molecule has 1 N–H and O–H groups in total. The Morgan fingerprint density at radius 1 is 0.912 bits per heavy atom. The first-order valence-corrected chi connectivity index (χ1v) is 10.3. The second-order valence-corrected chi connectivity index (χ2v) is 7.58. The third-order valence-corrected chi connectivity index (χ3v) is 5.25. The van der Waals surface area contributed by atoms with Crippen molar-refractivity contribution in [2.45, 2.75) is 19.6 Å². The van der Waals surface area contributed by atoms with E-state index >= 15 is 0 Å². The lowest BCUT2D eigenvalue weighted by molar-refractivity contribution is -0.123. The summed E-state index contributed by atoms with van der Waals surface area (Å²) >= 11 is 0. The zero-order valence-electron chi connectivity index (χ0n) is 17.9. The number of carbonyl (C=O) groups is 4. The first-order valence-electron chi connectivity index (χ1n) is 10.3. The molecule has 9 heteroatoms. The molecule has 0 saturated carbocycles. The lowest BCUT2D eigenvalue weighted by Crippen LogP contribution is -2.31. The van der Waals surface area contributed by atoms with Crippen LogP contribution in [0, 0.1) is 11.6 Å². The average molecular weight is 464 g/mol. The number of benzene rings is 3. The zero-order valence-corrected chi connectivity index (χ0v) is 17.9. The van der Waals surface area contributed by atoms with Gasteiger partial charge in [-0.1, -0.05) is 30.3 Å². The molecule has 0 spiro atoms. The van der Waals surface area contributed by atoms with E-state index in [1.54, 1.807) is 36.4 Å². The minimum absolute atomic E-state index is 0.0595. The maximum atomic E-state index is 13.7. The van der Waals surface area contributed by atoms with Gasteiger partial charge < -0.3 is 10.1 Å². The molecule has 0 aromatic heterocycles. The molecule has 7 nitrogen and oxygen atoms in total. The van der Waals surface area contributed by atoms with Gasteiger partial charge in [0.2, 0.25) is 0 Å². The van der Waals surface area contributed by atoms with Crippen molar-refractivity contribution in [3.05, 3.63) is 101 Å². The van der Waals surface area contributed by atoms with Crippen LogP contribution in [0.15, 0.2) is 66.7 Å². The van der Waals surface area contributed by atoms with E-state index in [0.29, 0.717) is 16.7 Å². The number of nitrogens with zero attached hydrogens (tertiary/aromatic N) is 1. The van der Waals surface area contributed by atoms with Gasteiger partial charge in [-0.3, -0.25) is 19.3 Å². The summed E-state index contributed by atoms with van der Waals surface area (Å²) in [4.78, 5) is 51.0. The number of imide groups is 1. The van der Waals surface area contributed by atoms with E-state index in [0.717, 1.165) is 23.1 Å². The molecule has 172 valence electrons. The molecule has 3 amide bonds. The van der Waals surface area contributed by atoms with Gasteiger partial charge in [0, 0.05) is 0 Å². The number of nitrogens with one attached hydrogen (secondary N) is 1. The highest BCUT2D eigenvalue weighted by Crippen LogP contribution is 2.24. The van der Waals surface area contributed by atoms with Gasteiger partial charge in [-0.15, -0.1) is 0 Å². The summed E-state index contributed by atoms with van der Waals surface area (Å²) in [7, 11) is 0. The van der Waals surface area contributed by atoms with E-state index in [1.807, 2.05) is 0 Å². The van der Waals surface area contributed by atoms with Gasteiger partial charge in [-0.05, 0) is 48.9 Å². The number of fused-ring (bicyclic) bond motifs is 1. The maximum absolute atomic E-state index is 13.7. The molecule has 1 heterocycles. The van der Waals surface area contributed by atoms with E-state index in [1.165, 1.54) is 19.1 Å². The molecule has 1 atom stereocenters. The van der Waals surface area contributed by atoms with Gasteiger partial charge >= 0.3 is 5.97 Å². The van der Waals surface area contributed by atoms with Crippen LogP contribution in [-0.4, -0.2) is 34.7 Å². The average Bonchev–Trinajstić information content (AvgIpc) is 3.06. The summed E-state index contributed by atoms with van der Waals surface area (Å²) in [6.45, 7) is 1.20. The minimum Gasteiger partial charge on any atom is -0.449 e. The van der Waals surface area contributed by atoms with E-state index in [9.17, 15) is 28.0 Å². The molecule has 0 fully saturated rings. The first-order chi connectivity index (χ1) is 16.3. The Kier molecular flexibility index (Phi) is 6.18. The van der Waals surface area contributed by atoms with Crippen LogP contribution in [0.4, 0.5) is 14.5 Å². The topological polar surface area (TPSA) is 92.8 Å². The van der Waals surface area contributed by atoms with Crippen molar-refractivity contribution in [1.82, 2.24) is 4.90 Å². The molecule has 1 unspecified atom stereocenters. The van der Waals surface area contributed by atoms with Gasteiger partial charge in [-0.2, -0.15) is 0 Å². The third kappa shape index (κ3) is 4.40. The molecule has 0 bridgehead atoms. The smallest absolute Gasteiger partial charge is 0.338 e. The number of ether oxygens (including phenoxy) is 1. The number of para-hydroxylation sites is 1. The summed E-state index contributed by atoms with van der Waals surface area (Å²) in [5.41, 5.74) is 0.557. The number of hydrogen-bond acceptors (Lipinski definition) is 5. The monoisotopic (exact) mass is 464 g/mol. The van der Waals surface area contributed by atoms with Crippen LogP contribution in [0.1, 0.15) is 43.6 Å². The number of amides is 3. The fourth-order valence-corrected chi connectivity index (χ4v) is 3.49. The summed E-state index contributed by atoms with van der Waals surface area (Å²) in [6.07, 6.45) is -1.36. The van der Waals surface area contributed by atoms with Gasteiger partial charge in [-0.25, -0.2) is 13.6 Å². The van der Waals surface area contributed by atoms with Crippen LogP contribution in [0.2, 0.25) is 0 Å². The fraction of sp³-hybridized carbons (Fsp3) is 0.120. The minimum atomic E-state index is -1.36. The van der Waals surface area contributed by atoms with Crippen molar-refractivity contribution in [2.75, 3.05) is 5.32 Å². The van der Waals surface area contributed by atoms with E-state index in [-0.39, 0.29) is 12.1 Å². The lowest BCUT2D eigenvalue weighted by atomic mass is 10.1. The Balaban J connectivity index is 1.43. The molecule has 0 aliphatic carbocycles. The number of hydrogen-bond donors (Lipinski definition) is 1. The van der Waals surface area contributed by atoms with Crippen LogP contribution < -0.4 is 5.32 Å². The van der Waals surface area contributed by atoms with E-state index in [2.05, 4.69) is 5.32 Å². The number of esters is 1. The number of rotatable bonds is 6. The predicted molar refractivity (Wildman–Crippen MR) is 117 cm³/mol. The number of anilines is 1. The molecular formula is C25H18F2N2O5. The van der Waals surface area contributed by atoms with Crippen LogP contribution in [0.3, 0.4) is 0 Å². The van der Waals surface area contributed by atoms with Crippen molar-refractivity contribution >= 4 is 29.4 Å². The molecule has 34 heavy (non-hydrogen) atoms. The van der Waals surface area contributed by atoms with Crippen molar-refractivity contribution < 1.29 is 32.7 Å². The van der Waals surface area contributed by atoms with Crippen molar-refractivity contribution in [1.29, 1.82) is 0 Å². The van der Waals surface area contributed by atoms with E-state index < -0.39 is 47.1 Å². The third-order valence-electron chi connectivity index (χ3n) is 5.25. The molecular weight excluding hydrogens is 446 g/mol. The van der Waals surface area contributed by atoms with Crippen LogP contribution in [0.5, 0.6) is 0 Å². The second-order valence-electron chi connectivity index (χ2n) is 7.58. The summed E-state index contributed by atoms with van der Waals surface area (Å²) < 4.78 is 32.6. The highest BCUT2D eigenvalue weighted by molar-refractivity contribution is 6.21. The van der Waals surface area contributed by atoms with Gasteiger partial charge in [0.1, 0.15) is 17.3 Å². The molecule has 1 aliphatic heterocycles. The van der Waals surface area contributed by atoms with Gasteiger partial charge in [0.15, 0.2) is 6.10 Å². The molecule has 3 aromatic rings. The SMILES string of the molecule is CC(OC(=O)c1cccc(CN2C(=O)c3ccccc3C2=O)c1)C(=O)Nc1c(F)cccc1F. The Morgan fingerprint density at radius 3 is 2.12 bits per heavy atom. The highest BCUT2D eigenvalue weighted by Gasteiger charge is 2.35. The molecule has 1 aliphatic rings. The largest absolute Gasteiger partial charge is 0.449 e. The Morgan fingerprint density at radius 2 is 1.50 bits per heavy atom. The fourth-order valence-electron chi connectivity index (χ4n) is 3.49. The van der Waals surface area contributed by atoms with Crippen LogP contribution in [-0.2, 0) is 16.1 Å². The predicted octanol–water partition coefficient (Wildman–Crippen LogP) is 3.95. The zero-order chi connectivity index (χ0) is 24.4. The van der Waals surface area contributed by atoms with Gasteiger partial charge in [0.25, 0.3) is 17.7 Å². The lowest BCUT2D eigenvalue weighted by Gasteiger charge is -2.16. The summed E-state index contributed by atoms with van der Waals surface area (Å²) in [6, 6.07) is 15.7. The van der Waals surface area contributed by atoms with Gasteiger partial charge in [0.05, 0.1) is 23.2 Å². The van der Waals surface area contributed by atoms with Crippen molar-refractivity contribution in [2.24, 2.45) is 0 Å². The Labute approximate surface area is 192 Å². The molecule has 3 aromatic carbocycles. The molecule has 4 rings (SSSR count).